The van der Waals surface area contributed by atoms with Crippen molar-refractivity contribution in [3.8, 4) is 5.75 Å². The van der Waals surface area contributed by atoms with Crippen molar-refractivity contribution in [2.75, 3.05) is 45.2 Å². The van der Waals surface area contributed by atoms with Crippen LogP contribution in [0.3, 0.4) is 0 Å². The SMILES string of the molecule is COc1ccccc1C1=C(N2CCN(C)CC2)C(=O)N(c2ccccc2)C1=O. The van der Waals surface area contributed by atoms with E-state index in [-0.39, 0.29) is 11.8 Å². The zero-order valence-corrected chi connectivity index (χ0v) is 16.1. The van der Waals surface area contributed by atoms with Crippen LogP contribution in [0.15, 0.2) is 60.3 Å². The van der Waals surface area contributed by atoms with E-state index >= 15 is 0 Å². The Bertz CT molecular complexity index is 931. The standard InChI is InChI=1S/C22H23N3O3/c1-23-12-14-24(15-13-23)20-19(17-10-6-7-11-18(17)28-2)21(26)25(22(20)27)16-8-4-3-5-9-16/h3-11H,12-15H2,1-2H3. The molecule has 2 aliphatic heterocycles. The zero-order valence-electron chi connectivity index (χ0n) is 16.1. The molecule has 2 aromatic rings. The van der Waals surface area contributed by atoms with Gasteiger partial charge in [-0.3, -0.25) is 9.59 Å². The molecule has 0 N–H and O–H groups in total. The number of carbonyl (C=O) groups excluding carboxylic acids is 2. The first-order chi connectivity index (χ1) is 13.6. The number of ether oxygens (including phenoxy) is 1. The Morgan fingerprint density at radius 3 is 2.14 bits per heavy atom. The average molecular weight is 377 g/mol. The van der Waals surface area contributed by atoms with E-state index in [1.807, 2.05) is 47.4 Å². The largest absolute Gasteiger partial charge is 0.496 e. The molecule has 2 aromatic carbocycles. The van der Waals surface area contributed by atoms with Crippen LogP contribution in [0, 0.1) is 0 Å². The molecule has 0 bridgehead atoms. The minimum Gasteiger partial charge on any atom is -0.496 e. The molecular formula is C22H23N3O3. The van der Waals surface area contributed by atoms with Crippen LogP contribution >= 0.6 is 0 Å². The Hall–Kier alpha value is -3.12. The van der Waals surface area contributed by atoms with Crippen molar-refractivity contribution in [2.45, 2.75) is 0 Å². The number of piperazine rings is 1. The molecule has 6 heteroatoms. The van der Waals surface area contributed by atoms with Gasteiger partial charge < -0.3 is 14.5 Å². The van der Waals surface area contributed by atoms with Gasteiger partial charge in [0, 0.05) is 31.7 Å². The van der Waals surface area contributed by atoms with Crippen molar-refractivity contribution in [2.24, 2.45) is 0 Å². The van der Waals surface area contributed by atoms with E-state index in [2.05, 4.69) is 11.9 Å². The Morgan fingerprint density at radius 2 is 1.46 bits per heavy atom. The molecule has 4 rings (SSSR count). The molecule has 0 spiro atoms. The molecule has 0 atom stereocenters. The number of nitrogens with zero attached hydrogens (tertiary/aromatic N) is 3. The van der Waals surface area contributed by atoms with E-state index in [1.54, 1.807) is 19.2 Å². The zero-order chi connectivity index (χ0) is 19.7. The summed E-state index contributed by atoms with van der Waals surface area (Å²) < 4.78 is 5.49. The van der Waals surface area contributed by atoms with E-state index in [4.69, 9.17) is 4.74 Å². The van der Waals surface area contributed by atoms with Crippen molar-refractivity contribution in [3.63, 3.8) is 0 Å². The second-order valence-corrected chi connectivity index (χ2v) is 7.00. The second kappa shape index (κ2) is 7.48. The molecule has 6 nitrogen and oxygen atoms in total. The fraction of sp³-hybridized carbons (Fsp3) is 0.273. The number of carbonyl (C=O) groups is 2. The lowest BCUT2D eigenvalue weighted by Crippen LogP contribution is -2.46. The molecule has 0 radical (unpaired) electrons. The summed E-state index contributed by atoms with van der Waals surface area (Å²) in [7, 11) is 3.63. The maximum atomic E-state index is 13.5. The number of anilines is 1. The first-order valence-corrected chi connectivity index (χ1v) is 9.37. The van der Waals surface area contributed by atoms with Crippen LogP contribution in [0.4, 0.5) is 5.69 Å². The third-order valence-electron chi connectivity index (χ3n) is 5.27. The van der Waals surface area contributed by atoms with Crippen molar-refractivity contribution in [1.82, 2.24) is 9.80 Å². The smallest absolute Gasteiger partial charge is 0.282 e. The van der Waals surface area contributed by atoms with Gasteiger partial charge >= 0.3 is 0 Å². The summed E-state index contributed by atoms with van der Waals surface area (Å²) in [5.41, 5.74) is 2.10. The number of likely N-dealkylation sites (N-methyl/N-ethyl adjacent to an activating group) is 1. The molecule has 1 saturated heterocycles. The average Bonchev–Trinajstić information content (AvgIpc) is 2.99. The molecule has 144 valence electrons. The normalized spacial score (nSPS) is 18.2. The predicted octanol–water partition coefficient (Wildman–Crippen LogP) is 2.23. The first-order valence-electron chi connectivity index (χ1n) is 9.37. The molecule has 0 aromatic heterocycles. The summed E-state index contributed by atoms with van der Waals surface area (Å²) in [6, 6.07) is 16.4. The third kappa shape index (κ3) is 3.05. The molecule has 0 saturated carbocycles. The lowest BCUT2D eigenvalue weighted by molar-refractivity contribution is -0.120. The van der Waals surface area contributed by atoms with Gasteiger partial charge in [0.1, 0.15) is 11.4 Å². The van der Waals surface area contributed by atoms with E-state index < -0.39 is 0 Å². The van der Waals surface area contributed by atoms with Gasteiger partial charge in [-0.15, -0.1) is 0 Å². The minimum atomic E-state index is -0.311. The lowest BCUT2D eigenvalue weighted by atomic mass is 10.0. The Balaban J connectivity index is 1.85. The van der Waals surface area contributed by atoms with Crippen LogP contribution in [0.5, 0.6) is 5.75 Å². The van der Waals surface area contributed by atoms with Crippen LogP contribution < -0.4 is 9.64 Å². The number of imide groups is 1. The maximum absolute atomic E-state index is 13.5. The summed E-state index contributed by atoms with van der Waals surface area (Å²) in [5.74, 6) is -0.00326. The molecule has 0 aliphatic carbocycles. The molecule has 28 heavy (non-hydrogen) atoms. The first kappa shape index (κ1) is 18.3. The summed E-state index contributed by atoms with van der Waals surface area (Å²) in [5, 5.41) is 0. The highest BCUT2D eigenvalue weighted by atomic mass is 16.5. The number of benzene rings is 2. The van der Waals surface area contributed by atoms with E-state index in [0.29, 0.717) is 41.4 Å². The summed E-state index contributed by atoms with van der Waals surface area (Å²) in [6.45, 7) is 3.09. The second-order valence-electron chi connectivity index (χ2n) is 7.00. The maximum Gasteiger partial charge on any atom is 0.282 e. The fourth-order valence-corrected chi connectivity index (χ4v) is 3.75. The van der Waals surface area contributed by atoms with Crippen LogP contribution in [0.2, 0.25) is 0 Å². The van der Waals surface area contributed by atoms with Gasteiger partial charge in [-0.05, 0) is 25.2 Å². The number of hydrogen-bond donors (Lipinski definition) is 0. The van der Waals surface area contributed by atoms with Gasteiger partial charge in [-0.1, -0.05) is 36.4 Å². The van der Waals surface area contributed by atoms with Gasteiger partial charge in [-0.2, -0.15) is 0 Å². The fourth-order valence-electron chi connectivity index (χ4n) is 3.75. The van der Waals surface area contributed by atoms with Crippen molar-refractivity contribution in [1.29, 1.82) is 0 Å². The van der Waals surface area contributed by atoms with Crippen molar-refractivity contribution < 1.29 is 14.3 Å². The topological polar surface area (TPSA) is 53.1 Å². The van der Waals surface area contributed by atoms with Gasteiger partial charge in [0.2, 0.25) is 0 Å². The predicted molar refractivity (Wildman–Crippen MR) is 108 cm³/mol. The molecule has 0 unspecified atom stereocenters. The summed E-state index contributed by atoms with van der Waals surface area (Å²) >= 11 is 0. The number of methoxy groups -OCH3 is 1. The summed E-state index contributed by atoms with van der Waals surface area (Å²) in [4.78, 5) is 32.4. The van der Waals surface area contributed by atoms with Gasteiger partial charge in [-0.25, -0.2) is 4.90 Å². The molecular weight excluding hydrogens is 354 g/mol. The minimum absolute atomic E-state index is 0.276. The van der Waals surface area contributed by atoms with Gasteiger partial charge in [0.15, 0.2) is 0 Å². The molecule has 2 aliphatic rings. The number of rotatable bonds is 4. The number of amides is 2. The highest BCUT2D eigenvalue weighted by Crippen LogP contribution is 2.38. The molecule has 2 amide bonds. The van der Waals surface area contributed by atoms with E-state index in [0.717, 1.165) is 13.1 Å². The van der Waals surface area contributed by atoms with Crippen molar-refractivity contribution in [3.05, 3.63) is 65.9 Å². The summed E-state index contributed by atoms with van der Waals surface area (Å²) in [6.07, 6.45) is 0. The lowest BCUT2D eigenvalue weighted by Gasteiger charge is -2.34. The molecule has 2 heterocycles. The van der Waals surface area contributed by atoms with Crippen LogP contribution in [-0.2, 0) is 9.59 Å². The quantitative estimate of drug-likeness (QED) is 0.765. The highest BCUT2D eigenvalue weighted by Gasteiger charge is 2.43. The van der Waals surface area contributed by atoms with E-state index in [1.165, 1.54) is 4.90 Å². The van der Waals surface area contributed by atoms with Gasteiger partial charge in [0.25, 0.3) is 11.8 Å². The Kier molecular flexibility index (Phi) is 4.88. The van der Waals surface area contributed by atoms with E-state index in [9.17, 15) is 9.59 Å². The molecule has 1 fully saturated rings. The number of hydrogen-bond acceptors (Lipinski definition) is 5. The third-order valence-corrected chi connectivity index (χ3v) is 5.27. The Labute approximate surface area is 164 Å². The van der Waals surface area contributed by atoms with Gasteiger partial charge in [0.05, 0.1) is 18.4 Å². The van der Waals surface area contributed by atoms with Crippen LogP contribution in [0.25, 0.3) is 5.57 Å². The monoisotopic (exact) mass is 377 g/mol. The number of para-hydroxylation sites is 2. The van der Waals surface area contributed by atoms with Crippen LogP contribution in [-0.4, -0.2) is 62.0 Å². The van der Waals surface area contributed by atoms with Crippen LogP contribution in [0.1, 0.15) is 5.56 Å². The highest BCUT2D eigenvalue weighted by molar-refractivity contribution is 6.45. The van der Waals surface area contributed by atoms with Crippen molar-refractivity contribution >= 4 is 23.1 Å². The Morgan fingerprint density at radius 1 is 0.821 bits per heavy atom.